The molecule has 0 saturated carbocycles. The van der Waals surface area contributed by atoms with Crippen LogP contribution in [-0.2, 0) is 15.7 Å². The van der Waals surface area contributed by atoms with E-state index in [0.717, 1.165) is 0 Å². The molecule has 0 unspecified atom stereocenters. The molecule has 0 fully saturated rings. The first-order valence-electron chi connectivity index (χ1n) is 6.06. The van der Waals surface area contributed by atoms with Crippen molar-refractivity contribution in [1.82, 2.24) is 10.2 Å². The molecule has 1 atom stereocenters. The smallest absolute Gasteiger partial charge is 0.295 e. The molecule has 0 aliphatic heterocycles. The van der Waals surface area contributed by atoms with E-state index in [1.807, 2.05) is 4.74 Å². The highest BCUT2D eigenvalue weighted by Gasteiger charge is 2.79. The van der Waals surface area contributed by atoms with Crippen LogP contribution in [-0.4, -0.2) is 46.3 Å². The number of ether oxygens (including phenoxy) is 1. The number of alkyl halides is 14. The van der Waals surface area contributed by atoms with Gasteiger partial charge in [0.05, 0.1) is 0 Å². The molecule has 0 radical (unpaired) electrons. The second kappa shape index (κ2) is 7.06. The Morgan fingerprint density at radius 1 is 0.793 bits per heavy atom. The number of carbonyl (C=O) groups is 1. The van der Waals surface area contributed by atoms with Crippen LogP contribution in [0.2, 0.25) is 0 Å². The molecular formula is C9HF14N3O2S. The van der Waals surface area contributed by atoms with Crippen molar-refractivity contribution in [2.45, 2.75) is 36.4 Å². The van der Waals surface area contributed by atoms with Gasteiger partial charge in [0.1, 0.15) is 0 Å². The van der Waals surface area contributed by atoms with Crippen LogP contribution in [0.15, 0.2) is 0 Å². The summed E-state index contributed by atoms with van der Waals surface area (Å²) in [5.74, 6) is -17.5. The predicted octanol–water partition coefficient (Wildman–Crippen LogP) is 4.53. The average Bonchev–Trinajstić information content (AvgIpc) is 2.92. The van der Waals surface area contributed by atoms with Gasteiger partial charge in [-0.25, -0.2) is 0 Å². The number of aromatic nitrogens is 2. The molecule has 1 aromatic rings. The van der Waals surface area contributed by atoms with Gasteiger partial charge in [-0.2, -0.15) is 61.5 Å². The maximum absolute atomic E-state index is 13.8. The molecule has 0 aliphatic carbocycles. The van der Waals surface area contributed by atoms with E-state index in [1.165, 1.54) is 0 Å². The number of nitrogens with one attached hydrogen (secondary N) is 1. The first-order valence-corrected chi connectivity index (χ1v) is 6.88. The number of amides is 1. The molecule has 1 amide bonds. The third-order valence-electron chi connectivity index (χ3n) is 2.53. The highest BCUT2D eigenvalue weighted by Crippen LogP contribution is 2.51. The number of rotatable bonds is 5. The summed E-state index contributed by atoms with van der Waals surface area (Å²) in [6.45, 7) is 0. The normalized spacial score (nSPS) is 16.5. The fourth-order valence-electron chi connectivity index (χ4n) is 1.20. The molecule has 0 aromatic carbocycles. The Labute approximate surface area is 151 Å². The van der Waals surface area contributed by atoms with E-state index in [9.17, 15) is 66.3 Å². The van der Waals surface area contributed by atoms with Crippen molar-refractivity contribution < 1.29 is 71.0 Å². The van der Waals surface area contributed by atoms with Crippen molar-refractivity contribution >= 4 is 22.4 Å². The van der Waals surface area contributed by atoms with Gasteiger partial charge in [-0.15, -0.1) is 10.2 Å². The van der Waals surface area contributed by atoms with Crippen molar-refractivity contribution in [1.29, 1.82) is 0 Å². The highest BCUT2D eigenvalue weighted by atomic mass is 32.1. The largest absolute Gasteiger partial charge is 0.462 e. The number of carbonyl (C=O) groups excluding carboxylic acids is 1. The van der Waals surface area contributed by atoms with Crippen LogP contribution in [0.3, 0.4) is 0 Å². The number of halogens is 14. The van der Waals surface area contributed by atoms with Crippen molar-refractivity contribution in [2.24, 2.45) is 0 Å². The quantitative estimate of drug-likeness (QED) is 0.629. The molecule has 0 aliphatic rings. The highest BCUT2D eigenvalue weighted by molar-refractivity contribution is 7.15. The van der Waals surface area contributed by atoms with Gasteiger partial charge in [0, 0.05) is 0 Å². The van der Waals surface area contributed by atoms with Gasteiger partial charge in [-0.3, -0.25) is 14.8 Å². The van der Waals surface area contributed by atoms with Crippen molar-refractivity contribution in [3.63, 3.8) is 0 Å². The van der Waals surface area contributed by atoms with E-state index in [4.69, 9.17) is 0 Å². The topological polar surface area (TPSA) is 64.1 Å². The molecule has 1 N–H and O–H groups in total. The lowest BCUT2D eigenvalue weighted by molar-refractivity contribution is -0.472. The van der Waals surface area contributed by atoms with Crippen molar-refractivity contribution in [3.05, 3.63) is 5.01 Å². The van der Waals surface area contributed by atoms with Gasteiger partial charge in [0.2, 0.25) is 10.1 Å². The Morgan fingerprint density at radius 3 is 1.62 bits per heavy atom. The number of anilines is 1. The average molecular weight is 481 g/mol. The fraction of sp³-hybridized carbons (Fsp3) is 0.667. The SMILES string of the molecule is O=C(Nc1nnc(C(F)(F)F)s1)[C@](F)(OC(F)(F)C(F)(F)C(F)(F)F)C(F)(F)F. The molecule has 0 saturated heterocycles. The summed E-state index contributed by atoms with van der Waals surface area (Å²) >= 11 is -0.762. The van der Waals surface area contributed by atoms with Crippen molar-refractivity contribution in [2.75, 3.05) is 5.32 Å². The third kappa shape index (κ3) is 4.78. The lowest BCUT2D eigenvalue weighted by atomic mass is 10.2. The van der Waals surface area contributed by atoms with Gasteiger partial charge in [0.25, 0.3) is 0 Å². The standard InChI is InChI=1S/C9HF14N3O2S/c10-4(7(16,17)18,28-9(22,23)6(14,15)8(19,20)21)1(27)24-3-26-25-2(29-3)5(11,12)13/h(H,24,26,27)/t4-/m0/s1. The van der Waals surface area contributed by atoms with Crippen LogP contribution < -0.4 is 5.32 Å². The molecule has 29 heavy (non-hydrogen) atoms. The first-order chi connectivity index (χ1) is 12.6. The summed E-state index contributed by atoms with van der Waals surface area (Å²) in [6, 6.07) is 0. The lowest BCUT2D eigenvalue weighted by Crippen LogP contribution is -2.62. The predicted molar refractivity (Wildman–Crippen MR) is 60.5 cm³/mol. The zero-order valence-electron chi connectivity index (χ0n) is 12.4. The van der Waals surface area contributed by atoms with Crippen LogP contribution in [0, 0.1) is 0 Å². The summed E-state index contributed by atoms with van der Waals surface area (Å²) in [6.07, 6.45) is -26.8. The summed E-state index contributed by atoms with van der Waals surface area (Å²) < 4.78 is 177. The molecule has 5 nitrogen and oxygen atoms in total. The zero-order valence-corrected chi connectivity index (χ0v) is 13.2. The van der Waals surface area contributed by atoms with Crippen LogP contribution in [0.5, 0.6) is 0 Å². The Morgan fingerprint density at radius 2 is 1.28 bits per heavy atom. The Hall–Kier alpha value is -1.99. The minimum absolute atomic E-state index is 0.521. The zero-order chi connectivity index (χ0) is 23.3. The van der Waals surface area contributed by atoms with Gasteiger partial charge < -0.3 is 0 Å². The molecule has 0 spiro atoms. The Bertz CT molecular complexity index is 753. The van der Waals surface area contributed by atoms with Crippen LogP contribution in [0.4, 0.5) is 66.6 Å². The number of hydrogen-bond donors (Lipinski definition) is 1. The van der Waals surface area contributed by atoms with Crippen molar-refractivity contribution in [3.8, 4) is 0 Å². The molecule has 1 heterocycles. The first kappa shape index (κ1) is 25.0. The maximum atomic E-state index is 13.8. The Kier molecular flexibility index (Phi) is 6.10. The van der Waals surface area contributed by atoms with Gasteiger partial charge >= 0.3 is 42.3 Å². The minimum Gasteiger partial charge on any atom is -0.295 e. The summed E-state index contributed by atoms with van der Waals surface area (Å²) in [5, 5.41) is 1.69. The Balaban J connectivity index is 3.28. The number of hydrogen-bond acceptors (Lipinski definition) is 5. The van der Waals surface area contributed by atoms with E-state index >= 15 is 0 Å². The van der Waals surface area contributed by atoms with Gasteiger partial charge in [0.15, 0.2) is 0 Å². The van der Waals surface area contributed by atoms with E-state index in [2.05, 4.69) is 10.2 Å². The van der Waals surface area contributed by atoms with E-state index in [-0.39, 0.29) is 0 Å². The fourth-order valence-corrected chi connectivity index (χ4v) is 1.81. The molecule has 1 aromatic heterocycles. The molecule has 20 heteroatoms. The van der Waals surface area contributed by atoms with E-state index in [0.29, 0.717) is 5.32 Å². The molecule has 168 valence electrons. The number of nitrogens with zero attached hydrogens (tertiary/aromatic N) is 2. The minimum atomic E-state index is -7.41. The van der Waals surface area contributed by atoms with E-state index in [1.54, 1.807) is 0 Å². The van der Waals surface area contributed by atoms with Crippen LogP contribution in [0.1, 0.15) is 5.01 Å². The van der Waals surface area contributed by atoms with Gasteiger partial charge in [-0.1, -0.05) is 11.3 Å². The lowest BCUT2D eigenvalue weighted by Gasteiger charge is -2.33. The summed E-state index contributed by atoms with van der Waals surface area (Å²) in [7, 11) is 0. The van der Waals surface area contributed by atoms with Gasteiger partial charge in [-0.05, 0) is 0 Å². The monoisotopic (exact) mass is 481 g/mol. The maximum Gasteiger partial charge on any atom is 0.462 e. The van der Waals surface area contributed by atoms with Crippen LogP contribution in [0.25, 0.3) is 0 Å². The molecule has 0 bridgehead atoms. The second-order valence-electron chi connectivity index (χ2n) is 4.65. The second-order valence-corrected chi connectivity index (χ2v) is 5.63. The third-order valence-corrected chi connectivity index (χ3v) is 3.42. The van der Waals surface area contributed by atoms with Crippen LogP contribution >= 0.6 is 11.3 Å². The van der Waals surface area contributed by atoms with E-state index < -0.39 is 63.8 Å². The molecular weight excluding hydrogens is 480 g/mol. The molecule has 1 rings (SSSR count). The summed E-state index contributed by atoms with van der Waals surface area (Å²) in [5.41, 5.74) is 0. The summed E-state index contributed by atoms with van der Waals surface area (Å²) in [4.78, 5) is 11.3.